The van der Waals surface area contributed by atoms with Gasteiger partial charge in [-0.2, -0.15) is 0 Å². The maximum Gasteiger partial charge on any atom is 0.303 e. The molecular formula is C13H22N2O4. The Labute approximate surface area is 112 Å². The van der Waals surface area contributed by atoms with Crippen LogP contribution in [-0.2, 0) is 14.3 Å². The second kappa shape index (κ2) is 5.09. The maximum atomic E-state index is 12.2. The van der Waals surface area contributed by atoms with Crippen molar-refractivity contribution in [1.29, 1.82) is 0 Å². The normalized spacial score (nSPS) is 32.6. The van der Waals surface area contributed by atoms with E-state index in [1.54, 1.807) is 6.92 Å². The molecule has 2 unspecified atom stereocenters. The van der Waals surface area contributed by atoms with Gasteiger partial charge in [0.05, 0.1) is 25.0 Å². The van der Waals surface area contributed by atoms with Crippen LogP contribution in [0.15, 0.2) is 0 Å². The van der Waals surface area contributed by atoms with Gasteiger partial charge in [-0.15, -0.1) is 0 Å². The molecule has 6 heteroatoms. The lowest BCUT2D eigenvalue weighted by Gasteiger charge is -2.41. The molecule has 1 aliphatic carbocycles. The molecule has 6 nitrogen and oxygen atoms in total. The van der Waals surface area contributed by atoms with Crippen LogP contribution >= 0.6 is 0 Å². The molecule has 0 aromatic rings. The van der Waals surface area contributed by atoms with Gasteiger partial charge in [-0.05, 0) is 25.2 Å². The summed E-state index contributed by atoms with van der Waals surface area (Å²) in [6.07, 6.45) is 2.87. The van der Waals surface area contributed by atoms with E-state index < -0.39 is 11.4 Å². The van der Waals surface area contributed by atoms with Crippen molar-refractivity contribution in [2.45, 2.75) is 38.6 Å². The number of carbonyl (C=O) groups is 2. The van der Waals surface area contributed by atoms with Gasteiger partial charge in [0.25, 0.3) is 0 Å². The molecule has 0 bridgehead atoms. The van der Waals surface area contributed by atoms with Crippen LogP contribution in [0.3, 0.4) is 0 Å². The lowest BCUT2D eigenvalue weighted by atomic mass is 9.66. The Kier molecular flexibility index (Phi) is 3.82. The molecule has 19 heavy (non-hydrogen) atoms. The number of nitrogens with one attached hydrogen (secondary N) is 1. The van der Waals surface area contributed by atoms with Crippen molar-refractivity contribution in [3.8, 4) is 0 Å². The molecule has 1 saturated carbocycles. The summed E-state index contributed by atoms with van der Waals surface area (Å²) < 4.78 is 5.25. The molecule has 108 valence electrons. The Morgan fingerprint density at radius 1 is 1.47 bits per heavy atom. The number of amides is 1. The van der Waals surface area contributed by atoms with E-state index in [1.165, 1.54) is 0 Å². The minimum absolute atomic E-state index is 0.118. The van der Waals surface area contributed by atoms with E-state index in [0.29, 0.717) is 19.8 Å². The van der Waals surface area contributed by atoms with Gasteiger partial charge in [-0.1, -0.05) is 6.42 Å². The molecule has 4 N–H and O–H groups in total. The fraction of sp³-hybridized carbons (Fsp3) is 0.846. The minimum Gasteiger partial charge on any atom is -0.481 e. The van der Waals surface area contributed by atoms with E-state index in [1.807, 2.05) is 0 Å². The molecule has 2 aliphatic rings. The second-order valence-electron chi connectivity index (χ2n) is 6.15. The second-order valence-corrected chi connectivity index (χ2v) is 6.15. The van der Waals surface area contributed by atoms with Crippen molar-refractivity contribution in [2.75, 3.05) is 19.8 Å². The van der Waals surface area contributed by atoms with Crippen LogP contribution in [0.4, 0.5) is 0 Å². The predicted molar refractivity (Wildman–Crippen MR) is 68.4 cm³/mol. The molecule has 2 rings (SSSR count). The zero-order valence-corrected chi connectivity index (χ0v) is 11.3. The number of nitrogens with two attached hydrogens (primary N) is 1. The Morgan fingerprint density at radius 3 is 2.58 bits per heavy atom. The fourth-order valence-electron chi connectivity index (χ4n) is 2.81. The summed E-state index contributed by atoms with van der Waals surface area (Å²) in [6.45, 7) is 2.93. The lowest BCUT2D eigenvalue weighted by molar-refractivity contribution is -0.142. The van der Waals surface area contributed by atoms with Crippen LogP contribution < -0.4 is 11.1 Å². The Hall–Kier alpha value is -1.14. The van der Waals surface area contributed by atoms with E-state index in [2.05, 4.69) is 5.32 Å². The van der Waals surface area contributed by atoms with Crippen molar-refractivity contribution < 1.29 is 19.4 Å². The van der Waals surface area contributed by atoms with Crippen molar-refractivity contribution in [2.24, 2.45) is 16.6 Å². The van der Waals surface area contributed by atoms with Crippen molar-refractivity contribution in [1.82, 2.24) is 5.32 Å². The molecule has 1 aliphatic heterocycles. The zero-order chi connectivity index (χ0) is 14.1. The summed E-state index contributed by atoms with van der Waals surface area (Å²) in [4.78, 5) is 23.1. The van der Waals surface area contributed by atoms with Gasteiger partial charge in [0.1, 0.15) is 0 Å². The summed E-state index contributed by atoms with van der Waals surface area (Å²) >= 11 is 0. The molecule has 1 saturated heterocycles. The number of ether oxygens (including phenoxy) is 1. The van der Waals surface area contributed by atoms with Gasteiger partial charge in [0.15, 0.2) is 0 Å². The minimum atomic E-state index is -0.805. The van der Waals surface area contributed by atoms with E-state index in [0.717, 1.165) is 19.3 Å². The smallest absolute Gasteiger partial charge is 0.303 e. The Morgan fingerprint density at radius 2 is 2.16 bits per heavy atom. The van der Waals surface area contributed by atoms with Crippen molar-refractivity contribution >= 4 is 11.9 Å². The van der Waals surface area contributed by atoms with Crippen LogP contribution in [0, 0.1) is 10.8 Å². The number of carbonyl (C=O) groups excluding carboxylic acids is 1. The van der Waals surface area contributed by atoms with Gasteiger partial charge in [0, 0.05) is 12.6 Å². The fourth-order valence-corrected chi connectivity index (χ4v) is 2.81. The Balaban J connectivity index is 1.91. The average molecular weight is 270 g/mol. The number of carboxylic acids is 1. The third-order valence-electron chi connectivity index (χ3n) is 4.60. The van der Waals surface area contributed by atoms with Gasteiger partial charge in [-0.3, -0.25) is 9.59 Å². The highest BCUT2D eigenvalue weighted by molar-refractivity contribution is 5.83. The molecule has 1 heterocycles. The quantitative estimate of drug-likeness (QED) is 0.658. The van der Waals surface area contributed by atoms with Crippen LogP contribution in [0.1, 0.15) is 32.6 Å². The summed E-state index contributed by atoms with van der Waals surface area (Å²) in [7, 11) is 0. The first-order valence-electron chi connectivity index (χ1n) is 6.71. The van der Waals surface area contributed by atoms with Crippen LogP contribution in [0.2, 0.25) is 0 Å². The third-order valence-corrected chi connectivity index (χ3v) is 4.60. The largest absolute Gasteiger partial charge is 0.481 e. The first-order chi connectivity index (χ1) is 8.88. The van der Waals surface area contributed by atoms with E-state index in [-0.39, 0.29) is 23.8 Å². The van der Waals surface area contributed by atoms with Gasteiger partial charge >= 0.3 is 5.97 Å². The van der Waals surface area contributed by atoms with Crippen LogP contribution in [0.5, 0.6) is 0 Å². The van der Waals surface area contributed by atoms with Crippen LogP contribution in [-0.4, -0.2) is 42.8 Å². The van der Waals surface area contributed by atoms with Crippen LogP contribution in [0.25, 0.3) is 0 Å². The predicted octanol–water partition coefficient (Wildman–Crippen LogP) is 0.111. The molecule has 0 aromatic carbocycles. The molecule has 2 fully saturated rings. The highest BCUT2D eigenvalue weighted by Gasteiger charge is 2.46. The first-order valence-corrected chi connectivity index (χ1v) is 6.71. The number of hydrogen-bond donors (Lipinski definition) is 3. The van der Waals surface area contributed by atoms with Gasteiger partial charge < -0.3 is 20.9 Å². The van der Waals surface area contributed by atoms with Crippen molar-refractivity contribution in [3.63, 3.8) is 0 Å². The van der Waals surface area contributed by atoms with Gasteiger partial charge in [0.2, 0.25) is 5.91 Å². The number of aliphatic carboxylic acids is 1. The number of carboxylic acid groups (broad SMARTS) is 1. The Bertz CT molecular complexity index is 381. The SMILES string of the molecule is CC1(C(=O)NCC2(CC(=O)O)CCC2)COCC1N. The molecule has 2 atom stereocenters. The van der Waals surface area contributed by atoms with E-state index in [4.69, 9.17) is 15.6 Å². The standard InChI is InChI=1S/C13H22N2O4/c1-12(8-19-6-9(12)14)11(18)15-7-13(3-2-4-13)5-10(16)17/h9H,2-8,14H2,1H3,(H,15,18)(H,16,17). The lowest BCUT2D eigenvalue weighted by Crippen LogP contribution is -2.53. The van der Waals surface area contributed by atoms with Crippen molar-refractivity contribution in [3.05, 3.63) is 0 Å². The topological polar surface area (TPSA) is 102 Å². The molecule has 0 spiro atoms. The summed E-state index contributed by atoms with van der Waals surface area (Å²) in [6, 6.07) is -0.302. The highest BCUT2D eigenvalue weighted by Crippen LogP contribution is 2.43. The number of rotatable bonds is 5. The monoisotopic (exact) mass is 270 g/mol. The average Bonchev–Trinajstić information content (AvgIpc) is 2.63. The third kappa shape index (κ3) is 2.74. The molecular weight excluding hydrogens is 248 g/mol. The number of hydrogen-bond acceptors (Lipinski definition) is 4. The summed E-state index contributed by atoms with van der Waals surface area (Å²) in [5.41, 5.74) is 4.94. The maximum absolute atomic E-state index is 12.2. The van der Waals surface area contributed by atoms with Gasteiger partial charge in [-0.25, -0.2) is 0 Å². The van der Waals surface area contributed by atoms with E-state index >= 15 is 0 Å². The zero-order valence-electron chi connectivity index (χ0n) is 11.3. The molecule has 0 radical (unpaired) electrons. The highest BCUT2D eigenvalue weighted by atomic mass is 16.5. The first kappa shape index (κ1) is 14.3. The molecule has 0 aromatic heterocycles. The molecule has 1 amide bonds. The van der Waals surface area contributed by atoms with E-state index in [9.17, 15) is 9.59 Å². The summed E-state index contributed by atoms with van der Waals surface area (Å²) in [5.74, 6) is -0.935. The summed E-state index contributed by atoms with van der Waals surface area (Å²) in [5, 5.41) is 11.8.